The van der Waals surface area contributed by atoms with Gasteiger partial charge in [-0.2, -0.15) is 0 Å². The van der Waals surface area contributed by atoms with Gasteiger partial charge in [0.2, 0.25) is 0 Å². The van der Waals surface area contributed by atoms with E-state index in [2.05, 4.69) is 37.2 Å². The van der Waals surface area contributed by atoms with Gasteiger partial charge >= 0.3 is 5.97 Å². The van der Waals surface area contributed by atoms with Crippen molar-refractivity contribution in [1.82, 2.24) is 5.32 Å². The van der Waals surface area contributed by atoms with Gasteiger partial charge in [-0.15, -0.1) is 0 Å². The molecule has 5 aromatic rings. The minimum atomic E-state index is -1.03. The summed E-state index contributed by atoms with van der Waals surface area (Å²) in [5, 5.41) is 12.6. The smallest absolute Gasteiger partial charge is 0.305 e. The lowest BCUT2D eigenvalue weighted by Gasteiger charge is -2.20. The average molecular weight is 701 g/mol. The first-order chi connectivity index (χ1) is 20.9. The van der Waals surface area contributed by atoms with Gasteiger partial charge in [0.25, 0.3) is 5.91 Å². The molecule has 1 unspecified atom stereocenters. The van der Waals surface area contributed by atoms with E-state index in [9.17, 15) is 14.7 Å². The summed E-state index contributed by atoms with van der Waals surface area (Å²) in [6, 6.07) is 36.8. The van der Waals surface area contributed by atoms with Crippen molar-refractivity contribution >= 4 is 43.7 Å². The van der Waals surface area contributed by atoms with Crippen LogP contribution in [-0.2, 0) is 11.4 Å². The summed E-state index contributed by atoms with van der Waals surface area (Å²) in [5.74, 6) is 0.342. The topological polar surface area (TPSA) is 84.9 Å². The molecule has 0 heterocycles. The SMILES string of the molecule is O=C(O)CC(NC(=O)c1cc(Br)ccc1OCc1ccc(Br)cc1)c1ccc(-c2ccccc2Oc2ccccc2)cc1. The summed E-state index contributed by atoms with van der Waals surface area (Å²) in [6.07, 6.45) is -0.290. The largest absolute Gasteiger partial charge is 0.488 e. The van der Waals surface area contributed by atoms with Crippen LogP contribution in [0.2, 0.25) is 0 Å². The van der Waals surface area contributed by atoms with Crippen LogP contribution in [-0.4, -0.2) is 17.0 Å². The van der Waals surface area contributed by atoms with Crippen molar-refractivity contribution in [2.45, 2.75) is 19.1 Å². The highest BCUT2D eigenvalue weighted by Gasteiger charge is 2.22. The van der Waals surface area contributed by atoms with Gasteiger partial charge in [-0.25, -0.2) is 0 Å². The fraction of sp³-hybridized carbons (Fsp3) is 0.0857. The second-order valence-electron chi connectivity index (χ2n) is 9.71. The maximum absolute atomic E-state index is 13.5. The molecule has 1 atom stereocenters. The van der Waals surface area contributed by atoms with Gasteiger partial charge in [0.1, 0.15) is 23.9 Å². The van der Waals surface area contributed by atoms with Gasteiger partial charge in [-0.05, 0) is 65.2 Å². The van der Waals surface area contributed by atoms with Gasteiger partial charge < -0.3 is 19.9 Å². The maximum atomic E-state index is 13.5. The zero-order valence-corrected chi connectivity index (χ0v) is 26.0. The number of rotatable bonds is 11. The van der Waals surface area contributed by atoms with Gasteiger partial charge in [0, 0.05) is 14.5 Å². The highest BCUT2D eigenvalue weighted by Crippen LogP contribution is 2.34. The van der Waals surface area contributed by atoms with Crippen LogP contribution >= 0.6 is 31.9 Å². The fourth-order valence-electron chi connectivity index (χ4n) is 4.51. The van der Waals surface area contributed by atoms with Crippen molar-refractivity contribution < 1.29 is 24.2 Å². The summed E-state index contributed by atoms with van der Waals surface area (Å²) in [5.41, 5.74) is 3.68. The van der Waals surface area contributed by atoms with Crippen LogP contribution in [0.1, 0.15) is 33.9 Å². The molecule has 0 aromatic heterocycles. The molecule has 0 spiro atoms. The molecular weight excluding hydrogens is 674 g/mol. The van der Waals surface area contributed by atoms with E-state index in [-0.39, 0.29) is 13.0 Å². The quantitative estimate of drug-likeness (QED) is 0.144. The standard InChI is InChI=1S/C35H27Br2NO5/c36-26-16-10-23(11-17-26)22-42-32-19-18-27(37)20-30(32)35(41)38-31(21-34(39)40)25-14-12-24(13-15-25)29-8-4-5-9-33(29)43-28-6-2-1-3-7-28/h1-20,31H,21-22H2,(H,38,41)(H,39,40). The number of carbonyl (C=O) groups excluding carboxylic acids is 1. The monoisotopic (exact) mass is 699 g/mol. The van der Waals surface area contributed by atoms with Crippen molar-refractivity contribution in [1.29, 1.82) is 0 Å². The molecule has 0 aliphatic rings. The zero-order valence-electron chi connectivity index (χ0n) is 22.9. The number of halogens is 2. The first-order valence-corrected chi connectivity index (χ1v) is 15.1. The molecule has 0 bridgehead atoms. The molecule has 6 nitrogen and oxygen atoms in total. The van der Waals surface area contributed by atoms with Crippen LogP contribution in [0.3, 0.4) is 0 Å². The summed E-state index contributed by atoms with van der Waals surface area (Å²) in [6.45, 7) is 0.269. The minimum absolute atomic E-state index is 0.269. The Balaban J connectivity index is 1.35. The van der Waals surface area contributed by atoms with Crippen molar-refractivity contribution in [3.63, 3.8) is 0 Å². The Kier molecular flexibility index (Phi) is 9.92. The van der Waals surface area contributed by atoms with Crippen molar-refractivity contribution in [3.8, 4) is 28.4 Å². The van der Waals surface area contributed by atoms with Crippen molar-refractivity contribution in [2.24, 2.45) is 0 Å². The number of nitrogens with one attached hydrogen (secondary N) is 1. The Morgan fingerprint density at radius 3 is 2.14 bits per heavy atom. The number of hydrogen-bond acceptors (Lipinski definition) is 4. The number of ether oxygens (including phenoxy) is 2. The highest BCUT2D eigenvalue weighted by molar-refractivity contribution is 9.10. The number of hydrogen-bond donors (Lipinski definition) is 2. The van der Waals surface area contributed by atoms with E-state index in [4.69, 9.17) is 9.47 Å². The molecule has 1 amide bonds. The zero-order chi connectivity index (χ0) is 30.2. The maximum Gasteiger partial charge on any atom is 0.305 e. The third-order valence-corrected chi connectivity index (χ3v) is 7.68. The molecule has 5 rings (SSSR count). The molecule has 2 N–H and O–H groups in total. The Labute approximate surface area is 266 Å². The summed E-state index contributed by atoms with van der Waals surface area (Å²) in [7, 11) is 0. The van der Waals surface area contributed by atoms with E-state index in [1.165, 1.54) is 0 Å². The summed E-state index contributed by atoms with van der Waals surface area (Å²) in [4.78, 5) is 25.3. The van der Waals surface area contributed by atoms with Gasteiger partial charge in [0.15, 0.2) is 0 Å². The van der Waals surface area contributed by atoms with Crippen LogP contribution in [0.15, 0.2) is 130 Å². The predicted octanol–water partition coefficient (Wildman–Crippen LogP) is 9.20. The molecule has 0 saturated carbocycles. The molecule has 5 aromatic carbocycles. The molecule has 0 saturated heterocycles. The van der Waals surface area contributed by atoms with E-state index in [0.29, 0.717) is 27.1 Å². The Morgan fingerprint density at radius 2 is 1.42 bits per heavy atom. The van der Waals surface area contributed by atoms with E-state index in [1.807, 2.05) is 103 Å². The molecule has 0 radical (unpaired) electrons. The van der Waals surface area contributed by atoms with E-state index in [0.717, 1.165) is 26.9 Å². The molecule has 8 heteroatoms. The van der Waals surface area contributed by atoms with Crippen LogP contribution in [0.4, 0.5) is 0 Å². The minimum Gasteiger partial charge on any atom is -0.488 e. The Morgan fingerprint density at radius 1 is 0.744 bits per heavy atom. The third-order valence-electron chi connectivity index (χ3n) is 6.66. The summed E-state index contributed by atoms with van der Waals surface area (Å²) >= 11 is 6.86. The highest BCUT2D eigenvalue weighted by atomic mass is 79.9. The third kappa shape index (κ3) is 8.12. The lowest BCUT2D eigenvalue weighted by atomic mass is 9.98. The Bertz CT molecular complexity index is 1710. The van der Waals surface area contributed by atoms with Gasteiger partial charge in [0.05, 0.1) is 18.0 Å². The fourth-order valence-corrected chi connectivity index (χ4v) is 5.14. The van der Waals surface area contributed by atoms with Crippen LogP contribution in [0, 0.1) is 0 Å². The number of amides is 1. The van der Waals surface area contributed by atoms with Crippen LogP contribution < -0.4 is 14.8 Å². The van der Waals surface area contributed by atoms with Gasteiger partial charge in [-0.3, -0.25) is 9.59 Å². The number of carboxylic acid groups (broad SMARTS) is 1. The van der Waals surface area contributed by atoms with E-state index >= 15 is 0 Å². The van der Waals surface area contributed by atoms with Crippen molar-refractivity contribution in [2.75, 3.05) is 0 Å². The lowest BCUT2D eigenvalue weighted by molar-refractivity contribution is -0.137. The van der Waals surface area contributed by atoms with Crippen LogP contribution in [0.25, 0.3) is 11.1 Å². The predicted molar refractivity (Wildman–Crippen MR) is 173 cm³/mol. The first kappa shape index (κ1) is 30.1. The number of benzene rings is 5. The number of carbonyl (C=O) groups is 2. The van der Waals surface area contributed by atoms with Crippen LogP contribution in [0.5, 0.6) is 17.2 Å². The van der Waals surface area contributed by atoms with E-state index in [1.54, 1.807) is 18.2 Å². The number of carboxylic acids is 1. The molecule has 0 fully saturated rings. The Hall–Kier alpha value is -4.40. The molecule has 0 aliphatic heterocycles. The number of aliphatic carboxylic acids is 1. The normalized spacial score (nSPS) is 11.4. The lowest BCUT2D eigenvalue weighted by Crippen LogP contribution is -2.30. The summed E-state index contributed by atoms with van der Waals surface area (Å²) < 4.78 is 13.8. The number of para-hydroxylation sites is 2. The average Bonchev–Trinajstić information content (AvgIpc) is 3.01. The van der Waals surface area contributed by atoms with Gasteiger partial charge in [-0.1, -0.05) is 105 Å². The molecule has 216 valence electrons. The second kappa shape index (κ2) is 14.2. The van der Waals surface area contributed by atoms with E-state index < -0.39 is 17.9 Å². The molecule has 0 aliphatic carbocycles. The van der Waals surface area contributed by atoms with Crippen molar-refractivity contribution in [3.05, 3.63) is 147 Å². The second-order valence-corrected chi connectivity index (χ2v) is 11.5. The first-order valence-electron chi connectivity index (χ1n) is 13.5. The molecule has 43 heavy (non-hydrogen) atoms. The molecular formula is C35H27Br2NO5.